The molecule has 0 bridgehead atoms. The third-order valence-corrected chi connectivity index (χ3v) is 6.15. The van der Waals surface area contributed by atoms with Gasteiger partial charge in [-0.05, 0) is 63.1 Å². The van der Waals surface area contributed by atoms with Gasteiger partial charge in [-0.25, -0.2) is 0 Å². The van der Waals surface area contributed by atoms with Crippen LogP contribution < -0.4 is 9.47 Å². The van der Waals surface area contributed by atoms with Crippen molar-refractivity contribution in [3.05, 3.63) is 46.5 Å². The Labute approximate surface area is 177 Å². The normalized spacial score (nSPS) is 19.6. The molecule has 0 aromatic heterocycles. The van der Waals surface area contributed by atoms with Crippen LogP contribution in [0.3, 0.4) is 0 Å². The zero-order valence-corrected chi connectivity index (χ0v) is 18.1. The number of rotatable bonds is 4. The molecule has 0 aliphatic carbocycles. The molecule has 0 amide bonds. The van der Waals surface area contributed by atoms with Gasteiger partial charge in [0.2, 0.25) is 0 Å². The van der Waals surface area contributed by atoms with Crippen molar-refractivity contribution in [2.45, 2.75) is 64.9 Å². The average molecular weight is 411 g/mol. The number of carbonyl (C=O) groups is 1. The Morgan fingerprint density at radius 1 is 1.13 bits per heavy atom. The fourth-order valence-corrected chi connectivity index (χ4v) is 4.33. The van der Waals surface area contributed by atoms with Crippen LogP contribution in [0.15, 0.2) is 24.3 Å². The Bertz CT molecular complexity index is 972. The second-order valence-corrected chi connectivity index (χ2v) is 9.45. The molecule has 5 nitrogen and oxygen atoms in total. The summed E-state index contributed by atoms with van der Waals surface area (Å²) in [7, 11) is 0. The van der Waals surface area contributed by atoms with E-state index in [1.54, 1.807) is 24.3 Å². The molecular formula is C25H30O5. The summed E-state index contributed by atoms with van der Waals surface area (Å²) in [5, 5.41) is 20.8. The number of hydrogen-bond donors (Lipinski definition) is 2. The molecule has 1 unspecified atom stereocenters. The van der Waals surface area contributed by atoms with E-state index in [1.807, 2.05) is 13.8 Å². The van der Waals surface area contributed by atoms with Gasteiger partial charge >= 0.3 is 0 Å². The van der Waals surface area contributed by atoms with Gasteiger partial charge in [0.15, 0.2) is 5.78 Å². The van der Waals surface area contributed by atoms with Crippen LogP contribution in [0.1, 0.15) is 73.5 Å². The predicted molar refractivity (Wildman–Crippen MR) is 115 cm³/mol. The van der Waals surface area contributed by atoms with E-state index in [2.05, 4.69) is 13.8 Å². The molecule has 2 aromatic rings. The average Bonchev–Trinajstić information content (AvgIpc) is 2.67. The first-order valence-electron chi connectivity index (χ1n) is 10.7. The topological polar surface area (TPSA) is 76.0 Å². The summed E-state index contributed by atoms with van der Waals surface area (Å²) in [6.45, 7) is 8.58. The van der Waals surface area contributed by atoms with E-state index in [0.29, 0.717) is 29.4 Å². The van der Waals surface area contributed by atoms with E-state index in [9.17, 15) is 15.0 Å². The van der Waals surface area contributed by atoms with Gasteiger partial charge < -0.3 is 19.7 Å². The summed E-state index contributed by atoms with van der Waals surface area (Å²) >= 11 is 0. The van der Waals surface area contributed by atoms with Crippen LogP contribution in [-0.4, -0.2) is 28.2 Å². The van der Waals surface area contributed by atoms with Crippen molar-refractivity contribution in [1.82, 2.24) is 0 Å². The highest BCUT2D eigenvalue weighted by Gasteiger charge is 2.40. The molecule has 0 radical (unpaired) electrons. The van der Waals surface area contributed by atoms with E-state index in [0.717, 1.165) is 30.4 Å². The smallest absolute Gasteiger partial charge is 0.181 e. The third-order valence-electron chi connectivity index (χ3n) is 6.15. The molecule has 4 rings (SSSR count). The zero-order chi connectivity index (χ0) is 21.6. The molecule has 1 atom stereocenters. The Balaban J connectivity index is 1.82. The largest absolute Gasteiger partial charge is 0.508 e. The molecular weight excluding hydrogens is 380 g/mol. The van der Waals surface area contributed by atoms with Crippen LogP contribution in [0.25, 0.3) is 0 Å². The van der Waals surface area contributed by atoms with E-state index in [4.69, 9.17) is 9.47 Å². The summed E-state index contributed by atoms with van der Waals surface area (Å²) in [5.74, 6) is 1.13. The number of aromatic hydroxyl groups is 2. The highest BCUT2D eigenvalue weighted by molar-refractivity contribution is 6.07. The standard InChI is InChI=1S/C25H30O5/c1-14(2)5-10-17-21(27)20-22(28)19(15-6-8-16(26)9-7-15)13-29-24(20)18-11-12-25(3,4)30-23(17)18/h6-9,14,19,26-27H,5,10-13H2,1-4H3. The monoisotopic (exact) mass is 410 g/mol. The molecule has 2 N–H and O–H groups in total. The number of fused-ring (bicyclic) bond motifs is 3. The molecule has 30 heavy (non-hydrogen) atoms. The van der Waals surface area contributed by atoms with Gasteiger partial charge in [-0.1, -0.05) is 26.0 Å². The molecule has 0 fully saturated rings. The van der Waals surface area contributed by atoms with Gasteiger partial charge in [0.05, 0.1) is 5.92 Å². The Morgan fingerprint density at radius 3 is 2.50 bits per heavy atom. The van der Waals surface area contributed by atoms with Gasteiger partial charge in [-0.2, -0.15) is 0 Å². The van der Waals surface area contributed by atoms with E-state index in [1.165, 1.54) is 0 Å². The van der Waals surface area contributed by atoms with Crippen molar-refractivity contribution in [1.29, 1.82) is 0 Å². The van der Waals surface area contributed by atoms with Gasteiger partial charge in [0.1, 0.15) is 40.8 Å². The van der Waals surface area contributed by atoms with Crippen molar-refractivity contribution < 1.29 is 24.5 Å². The van der Waals surface area contributed by atoms with Crippen molar-refractivity contribution in [3.8, 4) is 23.0 Å². The van der Waals surface area contributed by atoms with Gasteiger partial charge in [-0.15, -0.1) is 0 Å². The summed E-state index contributed by atoms with van der Waals surface area (Å²) in [4.78, 5) is 13.5. The molecule has 0 spiro atoms. The first kappa shape index (κ1) is 20.6. The lowest BCUT2D eigenvalue weighted by atomic mass is 9.82. The molecule has 2 aliphatic heterocycles. The maximum Gasteiger partial charge on any atom is 0.181 e. The number of ether oxygens (including phenoxy) is 2. The molecule has 2 heterocycles. The van der Waals surface area contributed by atoms with E-state index < -0.39 is 5.92 Å². The Hall–Kier alpha value is -2.69. The first-order valence-corrected chi connectivity index (χ1v) is 10.7. The number of phenols is 2. The highest BCUT2D eigenvalue weighted by Crippen LogP contribution is 2.51. The van der Waals surface area contributed by atoms with Crippen LogP contribution in [0.2, 0.25) is 0 Å². The lowest BCUT2D eigenvalue weighted by Gasteiger charge is -2.37. The summed E-state index contributed by atoms with van der Waals surface area (Å²) in [5.41, 5.74) is 2.33. The Kier molecular flexibility index (Phi) is 5.16. The summed E-state index contributed by atoms with van der Waals surface area (Å²) < 4.78 is 12.4. The number of carbonyl (C=O) groups excluding carboxylic acids is 1. The van der Waals surface area contributed by atoms with Crippen LogP contribution >= 0.6 is 0 Å². The van der Waals surface area contributed by atoms with Gasteiger partial charge in [0.25, 0.3) is 0 Å². The van der Waals surface area contributed by atoms with Crippen LogP contribution in [0.4, 0.5) is 0 Å². The van der Waals surface area contributed by atoms with Gasteiger partial charge in [-0.3, -0.25) is 4.79 Å². The number of Topliss-reactive ketones (excluding diaryl/α,β-unsaturated/α-hetero) is 1. The number of hydrogen-bond acceptors (Lipinski definition) is 5. The zero-order valence-electron chi connectivity index (χ0n) is 18.1. The van der Waals surface area contributed by atoms with E-state index >= 15 is 0 Å². The minimum absolute atomic E-state index is 0.00409. The minimum Gasteiger partial charge on any atom is -0.508 e. The van der Waals surface area contributed by atoms with Crippen LogP contribution in [-0.2, 0) is 12.8 Å². The fourth-order valence-electron chi connectivity index (χ4n) is 4.33. The lowest BCUT2D eigenvalue weighted by molar-refractivity contribution is 0.0786. The van der Waals surface area contributed by atoms with E-state index in [-0.39, 0.29) is 35.1 Å². The SMILES string of the molecule is CC(C)CCc1c(O)c2c(c3c1OC(C)(C)CC3)OCC(c1ccc(O)cc1)C2=O. The van der Waals surface area contributed by atoms with Crippen LogP contribution in [0.5, 0.6) is 23.0 Å². The third kappa shape index (κ3) is 3.62. The molecule has 0 saturated carbocycles. The fraction of sp³-hybridized carbons (Fsp3) is 0.480. The second-order valence-electron chi connectivity index (χ2n) is 9.45. The van der Waals surface area contributed by atoms with Crippen molar-refractivity contribution in [2.75, 3.05) is 6.61 Å². The maximum absolute atomic E-state index is 13.5. The number of phenolic OH excluding ortho intramolecular Hbond substituents is 2. The Morgan fingerprint density at radius 2 is 1.83 bits per heavy atom. The molecule has 0 saturated heterocycles. The summed E-state index contributed by atoms with van der Waals surface area (Å²) in [6, 6.07) is 6.59. The van der Waals surface area contributed by atoms with Crippen molar-refractivity contribution in [3.63, 3.8) is 0 Å². The quantitative estimate of drug-likeness (QED) is 0.729. The number of benzene rings is 2. The minimum atomic E-state index is -0.513. The maximum atomic E-state index is 13.5. The molecule has 5 heteroatoms. The molecule has 2 aromatic carbocycles. The predicted octanol–water partition coefficient (Wildman–Crippen LogP) is 5.15. The highest BCUT2D eigenvalue weighted by atomic mass is 16.5. The lowest BCUT2D eigenvalue weighted by Crippen LogP contribution is -2.35. The molecule has 160 valence electrons. The molecule has 2 aliphatic rings. The van der Waals surface area contributed by atoms with Gasteiger partial charge in [0, 0.05) is 11.1 Å². The first-order chi connectivity index (χ1) is 14.2. The summed E-state index contributed by atoms with van der Waals surface area (Å²) in [6.07, 6.45) is 3.10. The number of ketones is 1. The van der Waals surface area contributed by atoms with Crippen molar-refractivity contribution >= 4 is 5.78 Å². The van der Waals surface area contributed by atoms with Crippen molar-refractivity contribution in [2.24, 2.45) is 5.92 Å². The van der Waals surface area contributed by atoms with Crippen LogP contribution in [0, 0.1) is 5.92 Å². The second kappa shape index (κ2) is 7.53.